The fraction of sp³-hybridized carbons (Fsp3) is 0.357. The molecule has 4 heteroatoms. The molecule has 18 heavy (non-hydrogen) atoms. The van der Waals surface area contributed by atoms with Crippen LogP contribution in [0.15, 0.2) is 35.8 Å². The molecule has 0 aliphatic rings. The molecular formula is C14H18N2OS. The van der Waals surface area contributed by atoms with Crippen LogP contribution in [-0.4, -0.2) is 24.0 Å². The zero-order chi connectivity index (χ0) is 13.0. The summed E-state index contributed by atoms with van der Waals surface area (Å²) in [4.78, 5) is 6.60. The number of benzene rings is 1. The molecule has 0 N–H and O–H groups in total. The molecule has 0 spiro atoms. The number of nitrogens with zero attached hydrogens (tertiary/aromatic N) is 2. The van der Waals surface area contributed by atoms with E-state index < -0.39 is 0 Å². The van der Waals surface area contributed by atoms with Gasteiger partial charge < -0.3 is 4.74 Å². The van der Waals surface area contributed by atoms with Crippen LogP contribution in [0.4, 0.5) is 0 Å². The second-order valence-corrected chi connectivity index (χ2v) is 5.27. The van der Waals surface area contributed by atoms with Gasteiger partial charge in [0.1, 0.15) is 10.8 Å². The lowest BCUT2D eigenvalue weighted by atomic mass is 10.1. The predicted octanol–water partition coefficient (Wildman–Crippen LogP) is 3.34. The quantitative estimate of drug-likeness (QED) is 0.826. The van der Waals surface area contributed by atoms with Gasteiger partial charge in [0.05, 0.1) is 13.7 Å². The number of rotatable bonds is 5. The third-order valence-corrected chi connectivity index (χ3v) is 3.87. The van der Waals surface area contributed by atoms with Crippen molar-refractivity contribution in [3.8, 4) is 5.75 Å². The highest BCUT2D eigenvalue weighted by Crippen LogP contribution is 2.24. The first kappa shape index (κ1) is 13.1. The second kappa shape index (κ2) is 5.98. The van der Waals surface area contributed by atoms with Gasteiger partial charge in [0.25, 0.3) is 0 Å². The molecule has 1 aromatic heterocycles. The Balaban J connectivity index is 2.07. The average Bonchev–Trinajstić information content (AvgIpc) is 2.90. The van der Waals surface area contributed by atoms with Crippen LogP contribution < -0.4 is 4.74 Å². The fourth-order valence-corrected chi connectivity index (χ4v) is 2.52. The summed E-state index contributed by atoms with van der Waals surface area (Å²) in [5, 5.41) is 3.16. The Bertz CT molecular complexity index is 484. The van der Waals surface area contributed by atoms with Gasteiger partial charge in [0.15, 0.2) is 0 Å². The number of thiazole rings is 1. The van der Waals surface area contributed by atoms with Crippen LogP contribution in [0.25, 0.3) is 0 Å². The van der Waals surface area contributed by atoms with E-state index in [0.29, 0.717) is 6.04 Å². The Hall–Kier alpha value is -1.39. The van der Waals surface area contributed by atoms with Crippen LogP contribution >= 0.6 is 11.3 Å². The molecule has 0 aliphatic heterocycles. The third-order valence-electron chi connectivity index (χ3n) is 3.11. The van der Waals surface area contributed by atoms with E-state index in [1.54, 1.807) is 18.4 Å². The molecule has 0 amide bonds. The van der Waals surface area contributed by atoms with Crippen molar-refractivity contribution in [1.29, 1.82) is 0 Å². The molecule has 1 heterocycles. The lowest BCUT2D eigenvalue weighted by Gasteiger charge is -2.24. The Kier molecular flexibility index (Phi) is 4.33. The van der Waals surface area contributed by atoms with E-state index >= 15 is 0 Å². The summed E-state index contributed by atoms with van der Waals surface area (Å²) in [6.07, 6.45) is 1.85. The Morgan fingerprint density at radius 2 is 2.28 bits per heavy atom. The van der Waals surface area contributed by atoms with Crippen LogP contribution in [-0.2, 0) is 6.54 Å². The first-order valence-electron chi connectivity index (χ1n) is 5.93. The molecule has 2 aromatic rings. The second-order valence-electron chi connectivity index (χ2n) is 4.29. The van der Waals surface area contributed by atoms with E-state index in [9.17, 15) is 0 Å². The summed E-state index contributed by atoms with van der Waals surface area (Å²) in [5.41, 5.74) is 1.26. The van der Waals surface area contributed by atoms with Crippen molar-refractivity contribution < 1.29 is 4.74 Å². The van der Waals surface area contributed by atoms with Gasteiger partial charge in [-0.1, -0.05) is 12.1 Å². The van der Waals surface area contributed by atoms with E-state index in [2.05, 4.69) is 36.0 Å². The molecule has 0 saturated carbocycles. The Morgan fingerprint density at radius 3 is 2.94 bits per heavy atom. The SMILES string of the molecule is COc1cccc([C@H](C)N(C)Cc2nccs2)c1. The van der Waals surface area contributed by atoms with Crippen molar-refractivity contribution in [2.24, 2.45) is 0 Å². The maximum atomic E-state index is 5.26. The van der Waals surface area contributed by atoms with Gasteiger partial charge in [-0.2, -0.15) is 0 Å². The maximum Gasteiger partial charge on any atom is 0.119 e. The van der Waals surface area contributed by atoms with Crippen LogP contribution in [0.2, 0.25) is 0 Å². The summed E-state index contributed by atoms with van der Waals surface area (Å²) in [6.45, 7) is 3.07. The van der Waals surface area contributed by atoms with Gasteiger partial charge in [-0.05, 0) is 31.7 Å². The van der Waals surface area contributed by atoms with Gasteiger partial charge in [-0.25, -0.2) is 4.98 Å². The van der Waals surface area contributed by atoms with Crippen molar-refractivity contribution in [2.45, 2.75) is 19.5 Å². The number of ether oxygens (including phenoxy) is 1. The average molecular weight is 262 g/mol. The predicted molar refractivity (Wildman–Crippen MR) is 75.0 cm³/mol. The normalized spacial score (nSPS) is 12.7. The molecular weight excluding hydrogens is 244 g/mol. The van der Waals surface area contributed by atoms with E-state index in [1.807, 2.05) is 23.7 Å². The fourth-order valence-electron chi connectivity index (χ4n) is 1.84. The van der Waals surface area contributed by atoms with E-state index in [4.69, 9.17) is 4.74 Å². The zero-order valence-electron chi connectivity index (χ0n) is 11.0. The zero-order valence-corrected chi connectivity index (χ0v) is 11.8. The summed E-state index contributed by atoms with van der Waals surface area (Å²) in [5.74, 6) is 0.905. The molecule has 1 atom stereocenters. The topological polar surface area (TPSA) is 25.4 Å². The monoisotopic (exact) mass is 262 g/mol. The van der Waals surface area contributed by atoms with Crippen molar-refractivity contribution in [3.05, 3.63) is 46.4 Å². The van der Waals surface area contributed by atoms with E-state index in [0.717, 1.165) is 17.3 Å². The molecule has 0 saturated heterocycles. The number of aromatic nitrogens is 1. The largest absolute Gasteiger partial charge is 0.497 e. The highest BCUT2D eigenvalue weighted by molar-refractivity contribution is 7.09. The molecule has 2 rings (SSSR count). The molecule has 0 aliphatic carbocycles. The summed E-state index contributed by atoms with van der Waals surface area (Å²) < 4.78 is 5.26. The van der Waals surface area contributed by atoms with Gasteiger partial charge in [0, 0.05) is 17.6 Å². The summed E-state index contributed by atoms with van der Waals surface area (Å²) in [7, 11) is 3.81. The third kappa shape index (κ3) is 3.09. The smallest absolute Gasteiger partial charge is 0.119 e. The lowest BCUT2D eigenvalue weighted by molar-refractivity contribution is 0.252. The van der Waals surface area contributed by atoms with E-state index in [-0.39, 0.29) is 0 Å². The lowest BCUT2D eigenvalue weighted by Crippen LogP contribution is -2.21. The number of methoxy groups -OCH3 is 1. The standard InChI is InChI=1S/C14H18N2OS/c1-11(12-5-4-6-13(9-12)17-3)16(2)10-14-15-7-8-18-14/h4-9,11H,10H2,1-3H3/t11-/m0/s1. The van der Waals surface area contributed by atoms with Gasteiger partial charge >= 0.3 is 0 Å². The molecule has 3 nitrogen and oxygen atoms in total. The van der Waals surface area contributed by atoms with Crippen molar-refractivity contribution in [2.75, 3.05) is 14.2 Å². The van der Waals surface area contributed by atoms with Crippen LogP contribution in [0.3, 0.4) is 0 Å². The van der Waals surface area contributed by atoms with Crippen LogP contribution in [0.5, 0.6) is 5.75 Å². The number of hydrogen-bond donors (Lipinski definition) is 0. The van der Waals surface area contributed by atoms with Crippen molar-refractivity contribution >= 4 is 11.3 Å². The number of hydrogen-bond acceptors (Lipinski definition) is 4. The Morgan fingerprint density at radius 1 is 1.44 bits per heavy atom. The highest BCUT2D eigenvalue weighted by Gasteiger charge is 2.13. The molecule has 0 fully saturated rings. The van der Waals surface area contributed by atoms with Crippen molar-refractivity contribution in [3.63, 3.8) is 0 Å². The minimum Gasteiger partial charge on any atom is -0.497 e. The van der Waals surface area contributed by atoms with Crippen molar-refractivity contribution in [1.82, 2.24) is 9.88 Å². The Labute approximate surface area is 112 Å². The van der Waals surface area contributed by atoms with Crippen LogP contribution in [0.1, 0.15) is 23.5 Å². The molecule has 96 valence electrons. The van der Waals surface area contributed by atoms with E-state index in [1.165, 1.54) is 5.56 Å². The molecule has 0 radical (unpaired) electrons. The first-order chi connectivity index (χ1) is 8.70. The minimum absolute atomic E-state index is 0.337. The van der Waals surface area contributed by atoms with Gasteiger partial charge in [0.2, 0.25) is 0 Å². The highest BCUT2D eigenvalue weighted by atomic mass is 32.1. The van der Waals surface area contributed by atoms with Gasteiger partial charge in [-0.15, -0.1) is 11.3 Å². The summed E-state index contributed by atoms with van der Waals surface area (Å²) in [6, 6.07) is 8.55. The molecule has 1 aromatic carbocycles. The molecule has 0 unspecified atom stereocenters. The first-order valence-corrected chi connectivity index (χ1v) is 6.81. The summed E-state index contributed by atoms with van der Waals surface area (Å²) >= 11 is 1.69. The maximum absolute atomic E-state index is 5.26. The molecule has 0 bridgehead atoms. The minimum atomic E-state index is 0.337. The van der Waals surface area contributed by atoms with Gasteiger partial charge in [-0.3, -0.25) is 4.90 Å². The van der Waals surface area contributed by atoms with Crippen LogP contribution in [0, 0.1) is 0 Å².